The predicted molar refractivity (Wildman–Crippen MR) is 101 cm³/mol. The lowest BCUT2D eigenvalue weighted by Crippen LogP contribution is -2.51. The maximum atomic E-state index is 12.7. The quantitative estimate of drug-likeness (QED) is 0.785. The van der Waals surface area contributed by atoms with Crippen LogP contribution in [-0.4, -0.2) is 42.0 Å². The van der Waals surface area contributed by atoms with Crippen LogP contribution in [0.25, 0.3) is 11.1 Å². The van der Waals surface area contributed by atoms with Crippen molar-refractivity contribution in [2.24, 2.45) is 5.73 Å². The van der Waals surface area contributed by atoms with Crippen LogP contribution in [0.5, 0.6) is 0 Å². The van der Waals surface area contributed by atoms with Crippen molar-refractivity contribution in [1.29, 1.82) is 0 Å². The predicted octanol–water partition coefficient (Wildman–Crippen LogP) is 2.48. The second-order valence-corrected chi connectivity index (χ2v) is 6.67. The number of nitrogens with two attached hydrogens (primary N) is 1. The van der Waals surface area contributed by atoms with E-state index in [1.54, 1.807) is 0 Å². The van der Waals surface area contributed by atoms with Gasteiger partial charge in [-0.25, -0.2) is 0 Å². The topological polar surface area (TPSA) is 75.6 Å². The highest BCUT2D eigenvalue weighted by Gasteiger charge is 2.27. The van der Waals surface area contributed by atoms with Gasteiger partial charge in [-0.15, -0.1) is 0 Å². The molecule has 1 aliphatic heterocycles. The Labute approximate surface area is 152 Å². The maximum Gasteiger partial charge on any atom is 0.298 e. The number of rotatable bonds is 3. The van der Waals surface area contributed by atoms with Crippen LogP contribution in [0.15, 0.2) is 52.9 Å². The van der Waals surface area contributed by atoms with E-state index in [-0.39, 0.29) is 5.91 Å². The molecule has 0 bridgehead atoms. The van der Waals surface area contributed by atoms with E-state index in [9.17, 15) is 4.79 Å². The molecule has 1 unspecified atom stereocenters. The highest BCUT2D eigenvalue weighted by atomic mass is 16.4. The summed E-state index contributed by atoms with van der Waals surface area (Å²) in [5.74, 6) is -0.0379. The molecule has 3 aromatic rings. The number of benzene rings is 2. The van der Waals surface area contributed by atoms with Gasteiger partial charge in [-0.05, 0) is 30.2 Å². The van der Waals surface area contributed by atoms with Gasteiger partial charge in [0.1, 0.15) is 11.6 Å². The molecule has 134 valence electrons. The molecule has 1 amide bonds. The summed E-state index contributed by atoms with van der Waals surface area (Å²) in [5, 5.41) is 0. The average molecular weight is 350 g/mol. The molecule has 0 radical (unpaired) electrons. The van der Waals surface area contributed by atoms with Crippen molar-refractivity contribution in [3.63, 3.8) is 0 Å². The van der Waals surface area contributed by atoms with E-state index in [1.807, 2.05) is 60.4 Å². The number of aromatic nitrogens is 1. The molecule has 0 aliphatic carbocycles. The van der Waals surface area contributed by atoms with Crippen LogP contribution in [0.2, 0.25) is 0 Å². The number of carbonyl (C=O) groups excluding carboxylic acids is 1. The van der Waals surface area contributed by atoms with Crippen LogP contribution in [0, 0.1) is 6.92 Å². The van der Waals surface area contributed by atoms with E-state index in [1.165, 1.54) is 0 Å². The minimum atomic E-state index is -0.616. The molecule has 2 heterocycles. The zero-order valence-electron chi connectivity index (χ0n) is 14.8. The Balaban J connectivity index is 1.42. The summed E-state index contributed by atoms with van der Waals surface area (Å²) in [6, 6.07) is 15.5. The van der Waals surface area contributed by atoms with Gasteiger partial charge in [0.25, 0.3) is 6.01 Å². The fourth-order valence-electron chi connectivity index (χ4n) is 3.28. The second-order valence-electron chi connectivity index (χ2n) is 6.67. The molecule has 26 heavy (non-hydrogen) atoms. The van der Waals surface area contributed by atoms with E-state index in [2.05, 4.69) is 9.88 Å². The summed E-state index contributed by atoms with van der Waals surface area (Å²) in [6.45, 7) is 4.61. The SMILES string of the molecule is Cc1ccc2oc(N3CCN(C(=O)C(N)c4ccccc4)CC3)nc2c1. The average Bonchev–Trinajstić information content (AvgIpc) is 3.11. The summed E-state index contributed by atoms with van der Waals surface area (Å²) in [6.07, 6.45) is 0. The molecule has 1 aliphatic rings. The first-order chi connectivity index (χ1) is 12.6. The van der Waals surface area contributed by atoms with Crippen LogP contribution >= 0.6 is 0 Å². The van der Waals surface area contributed by atoms with E-state index in [0.29, 0.717) is 32.2 Å². The zero-order valence-corrected chi connectivity index (χ0v) is 14.8. The Morgan fingerprint density at radius 2 is 1.85 bits per heavy atom. The van der Waals surface area contributed by atoms with Gasteiger partial charge in [-0.1, -0.05) is 36.4 Å². The molecular formula is C20H22N4O2. The molecule has 1 saturated heterocycles. The highest BCUT2D eigenvalue weighted by Crippen LogP contribution is 2.24. The normalized spacial score (nSPS) is 16.1. The first-order valence-electron chi connectivity index (χ1n) is 8.83. The van der Waals surface area contributed by atoms with Crippen molar-refractivity contribution in [3.8, 4) is 0 Å². The van der Waals surface area contributed by atoms with E-state index in [4.69, 9.17) is 10.2 Å². The third-order valence-electron chi connectivity index (χ3n) is 4.82. The van der Waals surface area contributed by atoms with Crippen molar-refractivity contribution < 1.29 is 9.21 Å². The summed E-state index contributed by atoms with van der Waals surface area (Å²) in [7, 11) is 0. The van der Waals surface area contributed by atoms with Gasteiger partial charge in [0.2, 0.25) is 5.91 Å². The molecule has 4 rings (SSSR count). The minimum Gasteiger partial charge on any atom is -0.423 e. The lowest BCUT2D eigenvalue weighted by atomic mass is 10.1. The van der Waals surface area contributed by atoms with E-state index < -0.39 is 6.04 Å². The van der Waals surface area contributed by atoms with Gasteiger partial charge in [-0.2, -0.15) is 4.98 Å². The number of aryl methyl sites for hydroxylation is 1. The second kappa shape index (κ2) is 6.80. The van der Waals surface area contributed by atoms with Gasteiger partial charge < -0.3 is 20.0 Å². The monoisotopic (exact) mass is 350 g/mol. The summed E-state index contributed by atoms with van der Waals surface area (Å²) in [4.78, 5) is 21.1. The van der Waals surface area contributed by atoms with Crippen LogP contribution in [0.3, 0.4) is 0 Å². The number of hydrogen-bond donors (Lipinski definition) is 1. The Morgan fingerprint density at radius 1 is 1.12 bits per heavy atom. The third kappa shape index (κ3) is 3.15. The van der Waals surface area contributed by atoms with Gasteiger partial charge in [-0.3, -0.25) is 4.79 Å². The molecule has 1 fully saturated rings. The van der Waals surface area contributed by atoms with Gasteiger partial charge in [0.15, 0.2) is 5.58 Å². The number of piperazine rings is 1. The lowest BCUT2D eigenvalue weighted by Gasteiger charge is -2.35. The first-order valence-corrected chi connectivity index (χ1v) is 8.83. The number of carbonyl (C=O) groups is 1. The number of amides is 1. The smallest absolute Gasteiger partial charge is 0.298 e. The number of nitrogens with zero attached hydrogens (tertiary/aromatic N) is 3. The van der Waals surface area contributed by atoms with Crippen molar-refractivity contribution in [3.05, 3.63) is 59.7 Å². The lowest BCUT2D eigenvalue weighted by molar-refractivity contribution is -0.133. The van der Waals surface area contributed by atoms with Crippen molar-refractivity contribution in [2.45, 2.75) is 13.0 Å². The van der Waals surface area contributed by atoms with Crippen LogP contribution in [0.1, 0.15) is 17.2 Å². The molecule has 2 N–H and O–H groups in total. The number of anilines is 1. The highest BCUT2D eigenvalue weighted by molar-refractivity contribution is 5.83. The third-order valence-corrected chi connectivity index (χ3v) is 4.82. The van der Waals surface area contributed by atoms with Crippen LogP contribution in [-0.2, 0) is 4.79 Å². The number of oxazole rings is 1. The van der Waals surface area contributed by atoms with Crippen LogP contribution in [0.4, 0.5) is 6.01 Å². The minimum absolute atomic E-state index is 0.0379. The van der Waals surface area contributed by atoms with Gasteiger partial charge in [0, 0.05) is 26.2 Å². The van der Waals surface area contributed by atoms with Gasteiger partial charge in [0.05, 0.1) is 0 Å². The fraction of sp³-hybridized carbons (Fsp3) is 0.300. The molecule has 1 atom stereocenters. The molecule has 0 saturated carbocycles. The Kier molecular flexibility index (Phi) is 4.34. The van der Waals surface area contributed by atoms with Crippen molar-refractivity contribution in [2.75, 3.05) is 31.1 Å². The van der Waals surface area contributed by atoms with Gasteiger partial charge >= 0.3 is 0 Å². The largest absolute Gasteiger partial charge is 0.423 e. The van der Waals surface area contributed by atoms with Crippen LogP contribution < -0.4 is 10.6 Å². The summed E-state index contributed by atoms with van der Waals surface area (Å²) < 4.78 is 5.86. The first kappa shape index (κ1) is 16.6. The molecule has 6 heteroatoms. The molecule has 6 nitrogen and oxygen atoms in total. The number of hydrogen-bond acceptors (Lipinski definition) is 5. The molecule has 1 aromatic heterocycles. The summed E-state index contributed by atoms with van der Waals surface area (Å²) >= 11 is 0. The Bertz CT molecular complexity index is 914. The summed E-state index contributed by atoms with van der Waals surface area (Å²) in [5.41, 5.74) is 9.79. The van der Waals surface area contributed by atoms with Crippen molar-refractivity contribution in [1.82, 2.24) is 9.88 Å². The Hall–Kier alpha value is -2.86. The van der Waals surface area contributed by atoms with E-state index >= 15 is 0 Å². The van der Waals surface area contributed by atoms with Crippen molar-refractivity contribution >= 4 is 23.0 Å². The Morgan fingerprint density at radius 3 is 2.58 bits per heavy atom. The molecule has 2 aromatic carbocycles. The molecule has 0 spiro atoms. The fourth-order valence-corrected chi connectivity index (χ4v) is 3.28. The zero-order chi connectivity index (χ0) is 18.1. The van der Waals surface area contributed by atoms with E-state index in [0.717, 1.165) is 22.2 Å². The molecular weight excluding hydrogens is 328 g/mol. The maximum absolute atomic E-state index is 12.7. The number of fused-ring (bicyclic) bond motifs is 1. The standard InChI is InChI=1S/C20H22N4O2/c1-14-7-8-17-16(13-14)22-20(26-17)24-11-9-23(10-12-24)19(25)18(21)15-5-3-2-4-6-15/h2-8,13,18H,9-12,21H2,1H3.